The molecule has 2 heteroatoms. The van der Waals surface area contributed by atoms with Gasteiger partial charge in [0.25, 0.3) is 0 Å². The fourth-order valence-electron chi connectivity index (χ4n) is 1.89. The van der Waals surface area contributed by atoms with Crippen LogP contribution in [0.4, 0.5) is 0 Å². The van der Waals surface area contributed by atoms with Crippen LogP contribution in [0, 0.1) is 0 Å². The monoisotopic (exact) mass is 252 g/mol. The summed E-state index contributed by atoms with van der Waals surface area (Å²) in [5.41, 5.74) is 0.377. The lowest BCUT2D eigenvalue weighted by atomic mass is 9.79. The minimum absolute atomic E-state index is 0.377. The molecule has 1 aliphatic heterocycles. The van der Waals surface area contributed by atoms with Crippen molar-refractivity contribution < 1.29 is 4.74 Å². The van der Waals surface area contributed by atoms with Crippen molar-refractivity contribution in [3.8, 4) is 0 Å². The molecule has 1 heterocycles. The van der Waals surface area contributed by atoms with Gasteiger partial charge in [0, 0.05) is 3.92 Å². The predicted octanol–water partition coefficient (Wildman–Crippen LogP) is 2.52. The van der Waals surface area contributed by atoms with Crippen molar-refractivity contribution in [2.75, 3.05) is 6.61 Å². The Morgan fingerprint density at radius 2 is 1.80 bits per heavy atom. The molecule has 1 nitrogen and oxygen atoms in total. The summed E-state index contributed by atoms with van der Waals surface area (Å²) in [5.74, 6) is 0. The van der Waals surface area contributed by atoms with Crippen LogP contribution in [0.3, 0.4) is 0 Å². The first-order chi connectivity index (χ1) is 4.81. The molecule has 2 rings (SSSR count). The van der Waals surface area contributed by atoms with Crippen molar-refractivity contribution in [1.29, 1.82) is 0 Å². The Morgan fingerprint density at radius 1 is 1.20 bits per heavy atom. The standard InChI is InChI=1S/C8H13IO/c9-7-1-3-8(4-2-7)5-6-10-8/h7H,1-6H2/t7-,8-. The normalized spacial score (nSPS) is 47.1. The van der Waals surface area contributed by atoms with Crippen LogP contribution in [0.15, 0.2) is 0 Å². The van der Waals surface area contributed by atoms with Crippen LogP contribution < -0.4 is 0 Å². The van der Waals surface area contributed by atoms with Gasteiger partial charge in [0.1, 0.15) is 0 Å². The van der Waals surface area contributed by atoms with E-state index in [0.717, 1.165) is 10.5 Å². The molecule has 1 saturated carbocycles. The van der Waals surface area contributed by atoms with E-state index in [1.807, 2.05) is 0 Å². The van der Waals surface area contributed by atoms with E-state index in [2.05, 4.69) is 22.6 Å². The Bertz CT molecular complexity index is 121. The lowest BCUT2D eigenvalue weighted by Crippen LogP contribution is -2.46. The molecule has 1 aliphatic carbocycles. The topological polar surface area (TPSA) is 9.23 Å². The second-order valence-corrected chi connectivity index (χ2v) is 5.22. The summed E-state index contributed by atoms with van der Waals surface area (Å²) in [6, 6.07) is 0. The first kappa shape index (κ1) is 7.35. The quantitative estimate of drug-likeness (QED) is 0.475. The Hall–Kier alpha value is 0.690. The molecule has 0 amide bonds. The van der Waals surface area contributed by atoms with Crippen molar-refractivity contribution in [1.82, 2.24) is 0 Å². The van der Waals surface area contributed by atoms with Gasteiger partial charge < -0.3 is 4.74 Å². The predicted molar refractivity (Wildman–Crippen MR) is 49.6 cm³/mol. The van der Waals surface area contributed by atoms with Gasteiger partial charge in [0.2, 0.25) is 0 Å². The highest BCUT2D eigenvalue weighted by Gasteiger charge is 2.40. The van der Waals surface area contributed by atoms with Gasteiger partial charge in [-0.05, 0) is 32.1 Å². The minimum atomic E-state index is 0.377. The molecule has 0 N–H and O–H groups in total. The SMILES string of the molecule is I[C@H]1CC[C@@]2(CCO2)CC1. The third-order valence-corrected chi connectivity index (χ3v) is 4.04. The van der Waals surface area contributed by atoms with Crippen molar-refractivity contribution in [3.63, 3.8) is 0 Å². The van der Waals surface area contributed by atoms with Gasteiger partial charge in [0.15, 0.2) is 0 Å². The van der Waals surface area contributed by atoms with Gasteiger partial charge in [-0.1, -0.05) is 22.6 Å². The van der Waals surface area contributed by atoms with Crippen LogP contribution in [-0.2, 0) is 4.74 Å². The number of halogens is 1. The minimum Gasteiger partial charge on any atom is -0.375 e. The van der Waals surface area contributed by atoms with Crippen LogP contribution >= 0.6 is 22.6 Å². The summed E-state index contributed by atoms with van der Waals surface area (Å²) in [6.45, 7) is 1.02. The molecule has 0 bridgehead atoms. The van der Waals surface area contributed by atoms with Crippen molar-refractivity contribution in [2.24, 2.45) is 0 Å². The Morgan fingerprint density at radius 3 is 2.20 bits per heavy atom. The molecule has 0 atom stereocenters. The third kappa shape index (κ3) is 1.20. The van der Waals surface area contributed by atoms with Crippen LogP contribution in [0.5, 0.6) is 0 Å². The number of rotatable bonds is 0. The van der Waals surface area contributed by atoms with Crippen LogP contribution in [-0.4, -0.2) is 16.1 Å². The van der Waals surface area contributed by atoms with Crippen LogP contribution in [0.1, 0.15) is 32.1 Å². The van der Waals surface area contributed by atoms with Crippen molar-refractivity contribution in [2.45, 2.75) is 41.6 Å². The molecule has 2 aliphatic rings. The highest BCUT2D eigenvalue weighted by atomic mass is 127. The second kappa shape index (κ2) is 2.63. The van der Waals surface area contributed by atoms with E-state index < -0.39 is 0 Å². The number of hydrogen-bond acceptors (Lipinski definition) is 1. The zero-order valence-corrected chi connectivity index (χ0v) is 8.26. The van der Waals surface area contributed by atoms with Crippen LogP contribution in [0.2, 0.25) is 0 Å². The van der Waals surface area contributed by atoms with E-state index in [-0.39, 0.29) is 0 Å². The molecule has 0 aromatic heterocycles. The number of hydrogen-bond donors (Lipinski definition) is 0. The van der Waals surface area contributed by atoms with E-state index in [0.29, 0.717) is 5.60 Å². The maximum Gasteiger partial charge on any atom is 0.0705 e. The van der Waals surface area contributed by atoms with E-state index in [9.17, 15) is 0 Å². The van der Waals surface area contributed by atoms with Gasteiger partial charge in [-0.15, -0.1) is 0 Å². The zero-order chi connectivity index (χ0) is 7.03. The Balaban J connectivity index is 1.90. The molecule has 58 valence electrons. The van der Waals surface area contributed by atoms with E-state index in [4.69, 9.17) is 4.74 Å². The average Bonchev–Trinajstić information content (AvgIpc) is 1.86. The van der Waals surface area contributed by atoms with E-state index >= 15 is 0 Å². The lowest BCUT2D eigenvalue weighted by Gasteiger charge is -2.45. The largest absolute Gasteiger partial charge is 0.375 e. The molecule has 10 heavy (non-hydrogen) atoms. The smallest absolute Gasteiger partial charge is 0.0705 e. The zero-order valence-electron chi connectivity index (χ0n) is 6.11. The molecule has 2 fully saturated rings. The van der Waals surface area contributed by atoms with Gasteiger partial charge in [-0.25, -0.2) is 0 Å². The first-order valence-corrected chi connectivity index (χ1v) is 5.33. The van der Waals surface area contributed by atoms with Crippen LogP contribution in [0.25, 0.3) is 0 Å². The summed E-state index contributed by atoms with van der Waals surface area (Å²) >= 11 is 2.56. The highest BCUT2D eigenvalue weighted by Crippen LogP contribution is 2.42. The molecular weight excluding hydrogens is 239 g/mol. The summed E-state index contributed by atoms with van der Waals surface area (Å²) in [5, 5.41) is 0. The fourth-order valence-corrected chi connectivity index (χ4v) is 2.52. The maximum absolute atomic E-state index is 5.60. The van der Waals surface area contributed by atoms with Gasteiger partial charge in [-0.2, -0.15) is 0 Å². The fraction of sp³-hybridized carbons (Fsp3) is 1.00. The Kier molecular flexibility index (Phi) is 1.93. The molecule has 0 aromatic rings. The number of ether oxygens (including phenoxy) is 1. The second-order valence-electron chi connectivity index (χ2n) is 3.46. The van der Waals surface area contributed by atoms with Gasteiger partial charge >= 0.3 is 0 Å². The van der Waals surface area contributed by atoms with E-state index in [1.165, 1.54) is 32.1 Å². The lowest BCUT2D eigenvalue weighted by molar-refractivity contribution is -0.163. The first-order valence-electron chi connectivity index (χ1n) is 4.09. The van der Waals surface area contributed by atoms with Crippen molar-refractivity contribution in [3.05, 3.63) is 0 Å². The molecule has 0 aromatic carbocycles. The molecule has 1 spiro atoms. The van der Waals surface area contributed by atoms with E-state index in [1.54, 1.807) is 0 Å². The maximum atomic E-state index is 5.60. The Labute approximate surface area is 75.7 Å². The molecule has 1 saturated heterocycles. The summed E-state index contributed by atoms with van der Waals surface area (Å²) in [6.07, 6.45) is 6.72. The summed E-state index contributed by atoms with van der Waals surface area (Å²) < 4.78 is 6.53. The highest BCUT2D eigenvalue weighted by molar-refractivity contribution is 14.1. The molecule has 0 radical (unpaired) electrons. The average molecular weight is 252 g/mol. The number of alkyl halides is 1. The summed E-state index contributed by atoms with van der Waals surface area (Å²) in [4.78, 5) is 0. The van der Waals surface area contributed by atoms with Gasteiger partial charge in [-0.3, -0.25) is 0 Å². The molecular formula is C8H13IO. The van der Waals surface area contributed by atoms with Gasteiger partial charge in [0.05, 0.1) is 12.2 Å². The molecule has 0 unspecified atom stereocenters. The summed E-state index contributed by atoms with van der Waals surface area (Å²) in [7, 11) is 0. The third-order valence-electron chi connectivity index (χ3n) is 2.79. The van der Waals surface area contributed by atoms with Crippen molar-refractivity contribution >= 4 is 22.6 Å².